The Balaban J connectivity index is 1.64. The highest BCUT2D eigenvalue weighted by molar-refractivity contribution is 6.17. The number of hydrogen-bond acceptors (Lipinski definition) is 5. The molecule has 5 rings (SSSR count). The van der Waals surface area contributed by atoms with Gasteiger partial charge in [-0.05, 0) is 63.3 Å². The van der Waals surface area contributed by atoms with Crippen molar-refractivity contribution in [1.82, 2.24) is 14.1 Å². The monoisotopic (exact) mass is 512 g/mol. The fourth-order valence-electron chi connectivity index (χ4n) is 4.67. The van der Waals surface area contributed by atoms with Crippen LogP contribution in [0.15, 0.2) is 64.5 Å². The standard InChI is InChI=1S/C30H32N4O4/c1-30(2,3)38-28(35)18-34-27(13-10-19-16-31-24-9-7-6-8-22(19)24)32-25(29(34)36)14-20-17-33(4)26-12-11-21(37-5)15-23(20)26/h6-17,28,32,35H,18H2,1-5H3/b19-10?,25-14-,27-13?. The van der Waals surface area contributed by atoms with Gasteiger partial charge in [-0.3, -0.25) is 14.4 Å². The van der Waals surface area contributed by atoms with Gasteiger partial charge in [0.05, 0.1) is 24.9 Å². The number of aliphatic hydroxyl groups is 1. The van der Waals surface area contributed by atoms with Crippen LogP contribution in [0, 0.1) is 0 Å². The second kappa shape index (κ2) is 9.96. The summed E-state index contributed by atoms with van der Waals surface area (Å²) in [6.07, 6.45) is 8.20. The predicted molar refractivity (Wildman–Crippen MR) is 151 cm³/mol. The first kappa shape index (κ1) is 25.5. The van der Waals surface area contributed by atoms with Crippen molar-refractivity contribution in [3.8, 4) is 5.75 Å². The van der Waals surface area contributed by atoms with Gasteiger partial charge in [0.15, 0.2) is 6.29 Å². The van der Waals surface area contributed by atoms with Gasteiger partial charge in [-0.1, -0.05) is 18.2 Å². The number of fused-ring (bicyclic) bond motifs is 2. The zero-order valence-corrected chi connectivity index (χ0v) is 22.2. The summed E-state index contributed by atoms with van der Waals surface area (Å²) in [7, 11) is 3.60. The Morgan fingerprint density at radius 1 is 1.16 bits per heavy atom. The fourth-order valence-corrected chi connectivity index (χ4v) is 4.67. The van der Waals surface area contributed by atoms with Crippen LogP contribution in [0.3, 0.4) is 0 Å². The van der Waals surface area contributed by atoms with Crippen LogP contribution >= 0.6 is 0 Å². The molecule has 0 fully saturated rings. The van der Waals surface area contributed by atoms with Crippen LogP contribution in [0.1, 0.15) is 31.9 Å². The number of aryl methyl sites for hydroxylation is 1. The van der Waals surface area contributed by atoms with Crippen LogP contribution in [0.5, 0.6) is 5.75 Å². The van der Waals surface area contributed by atoms with Crippen molar-refractivity contribution in [2.45, 2.75) is 39.2 Å². The number of aliphatic imine (C=N–C) groups is 1. The number of nitrogens with one attached hydrogen (secondary N) is 1. The van der Waals surface area contributed by atoms with Crippen LogP contribution in [0.4, 0.5) is 5.69 Å². The van der Waals surface area contributed by atoms with E-state index < -0.39 is 11.9 Å². The summed E-state index contributed by atoms with van der Waals surface area (Å²) >= 11 is 0. The minimum absolute atomic E-state index is 0.0243. The van der Waals surface area contributed by atoms with Crippen molar-refractivity contribution in [1.29, 1.82) is 0 Å². The topological polar surface area (TPSA) is 93.8 Å². The fraction of sp³-hybridized carbons (Fsp3) is 0.267. The van der Waals surface area contributed by atoms with Crippen LogP contribution in [0.25, 0.3) is 28.6 Å². The number of H-pyrrole nitrogens is 1. The van der Waals surface area contributed by atoms with Crippen molar-refractivity contribution in [3.63, 3.8) is 0 Å². The first-order chi connectivity index (χ1) is 18.1. The van der Waals surface area contributed by atoms with E-state index in [0.717, 1.165) is 39.0 Å². The molecule has 0 spiro atoms. The zero-order chi connectivity index (χ0) is 27.0. The van der Waals surface area contributed by atoms with Gasteiger partial charge in [0.1, 0.15) is 16.6 Å². The van der Waals surface area contributed by atoms with E-state index in [1.54, 1.807) is 13.3 Å². The van der Waals surface area contributed by atoms with Gasteiger partial charge < -0.3 is 24.1 Å². The van der Waals surface area contributed by atoms with Gasteiger partial charge in [-0.25, -0.2) is 0 Å². The van der Waals surface area contributed by atoms with Crippen molar-refractivity contribution in [2.75, 3.05) is 7.11 Å². The maximum Gasteiger partial charge on any atom is 0.276 e. The predicted octanol–water partition coefficient (Wildman–Crippen LogP) is 3.22. The van der Waals surface area contributed by atoms with Crippen molar-refractivity contribution in [2.24, 2.45) is 12.0 Å². The highest BCUT2D eigenvalue weighted by Crippen LogP contribution is 2.30. The molecule has 0 saturated heterocycles. The molecule has 2 aromatic carbocycles. The minimum atomic E-state index is -1.16. The quantitative estimate of drug-likeness (QED) is 0.388. The van der Waals surface area contributed by atoms with Crippen LogP contribution in [-0.2, 0) is 18.3 Å². The highest BCUT2D eigenvalue weighted by Gasteiger charge is 2.19. The SMILES string of the molecule is COc1ccc2c(c1)c(/C=c1\[nH]c(=CC=C3C=Nc4ccccc43)n(CC(O)OC(C)(C)C)c1=O)cn2C. The number of allylic oxidation sites excluding steroid dienone is 2. The Morgan fingerprint density at radius 2 is 1.95 bits per heavy atom. The van der Waals surface area contributed by atoms with Crippen LogP contribution < -0.4 is 21.1 Å². The number of ether oxygens (including phenoxy) is 2. The molecule has 4 aromatic rings. The Kier molecular flexibility index (Phi) is 6.69. The number of hydrogen-bond donors (Lipinski definition) is 2. The molecule has 0 aliphatic carbocycles. The van der Waals surface area contributed by atoms with Gasteiger partial charge in [0.2, 0.25) is 0 Å². The summed E-state index contributed by atoms with van der Waals surface area (Å²) in [6.45, 7) is 5.55. The third-order valence-corrected chi connectivity index (χ3v) is 6.36. The number of methoxy groups -OCH3 is 1. The van der Waals surface area contributed by atoms with E-state index in [-0.39, 0.29) is 12.1 Å². The Bertz CT molecular complexity index is 1750. The number of aromatic nitrogens is 3. The van der Waals surface area contributed by atoms with Gasteiger partial charge in [-0.15, -0.1) is 0 Å². The van der Waals surface area contributed by atoms with E-state index in [2.05, 4.69) is 9.98 Å². The molecule has 0 radical (unpaired) electrons. The number of imidazole rings is 1. The highest BCUT2D eigenvalue weighted by atomic mass is 16.6. The molecule has 2 aromatic heterocycles. The van der Waals surface area contributed by atoms with Crippen molar-refractivity contribution in [3.05, 3.63) is 87.0 Å². The molecule has 1 atom stereocenters. The van der Waals surface area contributed by atoms with Crippen LogP contribution in [-0.4, -0.2) is 44.4 Å². The normalized spacial score (nSPS) is 16.1. The van der Waals surface area contributed by atoms with Crippen LogP contribution in [0.2, 0.25) is 0 Å². The maximum atomic E-state index is 13.6. The van der Waals surface area contributed by atoms with Gasteiger partial charge in [0.25, 0.3) is 5.56 Å². The number of aliphatic hydroxyl groups excluding tert-OH is 1. The third kappa shape index (κ3) is 5.14. The lowest BCUT2D eigenvalue weighted by Crippen LogP contribution is -2.38. The van der Waals surface area contributed by atoms with E-state index in [9.17, 15) is 9.90 Å². The summed E-state index contributed by atoms with van der Waals surface area (Å²) < 4.78 is 14.6. The average molecular weight is 513 g/mol. The first-order valence-corrected chi connectivity index (χ1v) is 12.5. The molecule has 0 amide bonds. The smallest absolute Gasteiger partial charge is 0.276 e. The molecular formula is C30H32N4O4. The summed E-state index contributed by atoms with van der Waals surface area (Å²) in [6, 6.07) is 13.8. The lowest BCUT2D eigenvalue weighted by Gasteiger charge is -2.24. The van der Waals surface area contributed by atoms with Gasteiger partial charge >= 0.3 is 0 Å². The summed E-state index contributed by atoms with van der Waals surface area (Å²) in [5, 5.41) is 12.0. The van der Waals surface area contributed by atoms with Gasteiger partial charge in [0, 0.05) is 47.1 Å². The second-order valence-corrected chi connectivity index (χ2v) is 10.3. The molecule has 1 aliphatic heterocycles. The number of rotatable bonds is 6. The summed E-state index contributed by atoms with van der Waals surface area (Å²) in [4.78, 5) is 21.3. The van der Waals surface area contributed by atoms with Gasteiger partial charge in [-0.2, -0.15) is 0 Å². The largest absolute Gasteiger partial charge is 0.497 e. The van der Waals surface area contributed by atoms with E-state index >= 15 is 0 Å². The molecule has 0 bridgehead atoms. The molecule has 2 N–H and O–H groups in total. The lowest BCUT2D eigenvalue weighted by atomic mass is 10.1. The summed E-state index contributed by atoms with van der Waals surface area (Å²) in [5.41, 5.74) is 4.49. The Morgan fingerprint density at radius 3 is 2.71 bits per heavy atom. The van der Waals surface area contributed by atoms with E-state index in [1.165, 1.54) is 4.57 Å². The molecular weight excluding hydrogens is 480 g/mol. The minimum Gasteiger partial charge on any atom is -0.497 e. The number of para-hydroxylation sites is 1. The third-order valence-electron chi connectivity index (χ3n) is 6.36. The first-order valence-electron chi connectivity index (χ1n) is 12.5. The average Bonchev–Trinajstić information content (AvgIpc) is 3.51. The van der Waals surface area contributed by atoms with E-state index in [4.69, 9.17) is 9.47 Å². The molecule has 1 aliphatic rings. The molecule has 1 unspecified atom stereocenters. The molecule has 38 heavy (non-hydrogen) atoms. The molecule has 196 valence electrons. The molecule has 3 heterocycles. The van der Waals surface area contributed by atoms with E-state index in [1.807, 2.05) is 99.3 Å². The van der Waals surface area contributed by atoms with Crippen molar-refractivity contribution >= 4 is 40.5 Å². The molecule has 0 saturated carbocycles. The summed E-state index contributed by atoms with van der Waals surface area (Å²) in [5.74, 6) is 0.740. The maximum absolute atomic E-state index is 13.6. The lowest BCUT2D eigenvalue weighted by molar-refractivity contribution is -0.172. The second-order valence-electron chi connectivity index (χ2n) is 10.3. The molecule has 8 nitrogen and oxygen atoms in total. The van der Waals surface area contributed by atoms with Crippen molar-refractivity contribution < 1.29 is 14.6 Å². The number of aromatic amines is 1. The number of nitrogens with zero attached hydrogens (tertiary/aromatic N) is 3. The number of benzene rings is 2. The Hall–Kier alpha value is -4.14. The zero-order valence-electron chi connectivity index (χ0n) is 22.2. The van der Waals surface area contributed by atoms with E-state index in [0.29, 0.717) is 10.8 Å². The Labute approximate surface area is 220 Å². The molecule has 8 heteroatoms.